The lowest BCUT2D eigenvalue weighted by Gasteiger charge is -2.26. The van der Waals surface area contributed by atoms with Crippen LogP contribution >= 0.6 is 0 Å². The number of nitrogens with one attached hydrogen (secondary N) is 1. The number of nitrogens with zero attached hydrogens (tertiary/aromatic N) is 3. The summed E-state index contributed by atoms with van der Waals surface area (Å²) in [6.07, 6.45) is 6.49. The van der Waals surface area contributed by atoms with Crippen molar-refractivity contribution in [1.29, 1.82) is 0 Å². The lowest BCUT2D eigenvalue weighted by Crippen LogP contribution is -2.38. The van der Waals surface area contributed by atoms with Crippen molar-refractivity contribution in [2.75, 3.05) is 26.3 Å². The van der Waals surface area contributed by atoms with Crippen molar-refractivity contribution in [1.82, 2.24) is 19.8 Å². The highest BCUT2D eigenvalue weighted by Gasteiger charge is 2.18. The molecule has 0 saturated carbocycles. The standard InChI is InChI=1S/C27H31FN4O4/c1-3-35-25-16-21(8-10-24(25)36-18-26(33)31-12-5-4-6-13-31)27(34)30-17-20-7-9-23(22(28)15-20)32-14-11-29-19(32)2/h7-11,14-16H,3-6,12-13,17-18H2,1-2H3,(H,30,34). The summed E-state index contributed by atoms with van der Waals surface area (Å²) in [4.78, 5) is 31.1. The van der Waals surface area contributed by atoms with Crippen LogP contribution in [-0.4, -0.2) is 52.6 Å². The van der Waals surface area contributed by atoms with Crippen molar-refractivity contribution in [2.45, 2.75) is 39.7 Å². The quantitative estimate of drug-likeness (QED) is 0.485. The van der Waals surface area contributed by atoms with Gasteiger partial charge in [0.15, 0.2) is 18.1 Å². The molecule has 0 spiro atoms. The summed E-state index contributed by atoms with van der Waals surface area (Å²) in [5.74, 6) is 0.696. The zero-order valence-electron chi connectivity index (χ0n) is 20.6. The van der Waals surface area contributed by atoms with Crippen LogP contribution in [-0.2, 0) is 11.3 Å². The summed E-state index contributed by atoms with van der Waals surface area (Å²) in [6, 6.07) is 9.66. The molecule has 4 rings (SSSR count). The molecule has 0 radical (unpaired) electrons. The molecule has 9 heteroatoms. The zero-order chi connectivity index (χ0) is 25.5. The maximum atomic E-state index is 14.7. The molecule has 1 saturated heterocycles. The number of amides is 2. The molecule has 2 aromatic carbocycles. The van der Waals surface area contributed by atoms with Crippen LogP contribution in [0.25, 0.3) is 5.69 Å². The fourth-order valence-corrected chi connectivity index (χ4v) is 4.18. The molecule has 0 aliphatic carbocycles. The van der Waals surface area contributed by atoms with Gasteiger partial charge in [-0.1, -0.05) is 6.07 Å². The molecule has 0 unspecified atom stereocenters. The normalized spacial score (nSPS) is 13.4. The second-order valence-corrected chi connectivity index (χ2v) is 8.64. The van der Waals surface area contributed by atoms with E-state index >= 15 is 0 Å². The molecule has 0 bridgehead atoms. The number of aryl methyl sites for hydroxylation is 1. The Bertz CT molecular complexity index is 1220. The van der Waals surface area contributed by atoms with Crippen LogP contribution in [0.5, 0.6) is 11.5 Å². The number of ether oxygens (including phenoxy) is 2. The molecule has 2 amide bonds. The lowest BCUT2D eigenvalue weighted by atomic mass is 10.1. The van der Waals surface area contributed by atoms with Gasteiger partial charge in [-0.15, -0.1) is 0 Å². The van der Waals surface area contributed by atoms with Crippen molar-refractivity contribution in [2.24, 2.45) is 0 Å². The van der Waals surface area contributed by atoms with Crippen molar-refractivity contribution >= 4 is 11.8 Å². The van der Waals surface area contributed by atoms with Crippen LogP contribution in [0, 0.1) is 12.7 Å². The molecule has 2 heterocycles. The van der Waals surface area contributed by atoms with Crippen LogP contribution < -0.4 is 14.8 Å². The van der Waals surface area contributed by atoms with E-state index in [1.807, 2.05) is 11.8 Å². The van der Waals surface area contributed by atoms with Crippen LogP contribution in [0.1, 0.15) is 47.9 Å². The Labute approximate surface area is 210 Å². The molecule has 1 aliphatic rings. The van der Waals surface area contributed by atoms with E-state index in [-0.39, 0.29) is 25.0 Å². The highest BCUT2D eigenvalue weighted by atomic mass is 19.1. The predicted molar refractivity (Wildman–Crippen MR) is 133 cm³/mol. The monoisotopic (exact) mass is 494 g/mol. The number of carbonyl (C=O) groups is 2. The van der Waals surface area contributed by atoms with Crippen molar-refractivity contribution in [3.8, 4) is 17.2 Å². The largest absolute Gasteiger partial charge is 0.490 e. The number of halogens is 1. The Hall–Kier alpha value is -3.88. The minimum Gasteiger partial charge on any atom is -0.490 e. The molecule has 1 aliphatic heterocycles. The molecule has 36 heavy (non-hydrogen) atoms. The summed E-state index contributed by atoms with van der Waals surface area (Å²) < 4.78 is 27.7. The Morgan fingerprint density at radius 3 is 2.56 bits per heavy atom. The molecular weight excluding hydrogens is 463 g/mol. The first-order chi connectivity index (χ1) is 17.5. The number of aromatic nitrogens is 2. The number of carbonyl (C=O) groups excluding carboxylic acids is 2. The summed E-state index contributed by atoms with van der Waals surface area (Å²) in [7, 11) is 0. The number of imidazole rings is 1. The summed E-state index contributed by atoms with van der Waals surface area (Å²) in [6.45, 7) is 5.61. The summed E-state index contributed by atoms with van der Waals surface area (Å²) in [5, 5.41) is 2.81. The van der Waals surface area contributed by atoms with Gasteiger partial charge < -0.3 is 24.3 Å². The fraction of sp³-hybridized carbons (Fsp3) is 0.370. The molecule has 1 aromatic heterocycles. The van der Waals surface area contributed by atoms with E-state index in [2.05, 4.69) is 10.3 Å². The maximum absolute atomic E-state index is 14.7. The molecule has 1 N–H and O–H groups in total. The first-order valence-electron chi connectivity index (χ1n) is 12.2. The molecule has 3 aromatic rings. The minimum absolute atomic E-state index is 0.0552. The van der Waals surface area contributed by atoms with Gasteiger partial charge >= 0.3 is 0 Å². The van der Waals surface area contributed by atoms with Crippen molar-refractivity contribution in [3.63, 3.8) is 0 Å². The minimum atomic E-state index is -0.401. The van der Waals surface area contributed by atoms with E-state index in [1.54, 1.807) is 54.2 Å². The van der Waals surface area contributed by atoms with Gasteiger partial charge in [0.2, 0.25) is 0 Å². The van der Waals surface area contributed by atoms with Crippen LogP contribution in [0.15, 0.2) is 48.8 Å². The molecular formula is C27H31FN4O4. The number of hydrogen-bond acceptors (Lipinski definition) is 5. The average Bonchev–Trinajstić information content (AvgIpc) is 3.32. The van der Waals surface area contributed by atoms with Gasteiger partial charge in [0.05, 0.1) is 12.3 Å². The Morgan fingerprint density at radius 2 is 1.86 bits per heavy atom. The van der Waals surface area contributed by atoms with Gasteiger partial charge in [0, 0.05) is 37.6 Å². The second kappa shape index (κ2) is 11.7. The first kappa shape index (κ1) is 25.2. The highest BCUT2D eigenvalue weighted by molar-refractivity contribution is 5.94. The zero-order valence-corrected chi connectivity index (χ0v) is 20.6. The topological polar surface area (TPSA) is 85.7 Å². The van der Waals surface area contributed by atoms with Crippen LogP contribution in [0.4, 0.5) is 4.39 Å². The maximum Gasteiger partial charge on any atom is 0.260 e. The lowest BCUT2D eigenvalue weighted by molar-refractivity contribution is -0.134. The predicted octanol–water partition coefficient (Wildman–Crippen LogP) is 4.04. The Morgan fingerprint density at radius 1 is 1.06 bits per heavy atom. The van der Waals surface area contributed by atoms with E-state index in [0.717, 1.165) is 32.4 Å². The third kappa shape index (κ3) is 6.02. The van der Waals surface area contributed by atoms with Gasteiger partial charge in [-0.25, -0.2) is 9.37 Å². The van der Waals surface area contributed by atoms with E-state index in [0.29, 0.717) is 40.7 Å². The van der Waals surface area contributed by atoms with E-state index < -0.39 is 5.82 Å². The third-order valence-corrected chi connectivity index (χ3v) is 6.12. The Kier molecular flexibility index (Phi) is 8.20. The van der Waals surface area contributed by atoms with Gasteiger partial charge in [-0.05, 0) is 69.0 Å². The van der Waals surface area contributed by atoms with E-state index in [1.165, 1.54) is 6.07 Å². The fourth-order valence-electron chi connectivity index (χ4n) is 4.18. The van der Waals surface area contributed by atoms with Gasteiger partial charge in [0.1, 0.15) is 11.6 Å². The number of likely N-dealkylation sites (tertiary alicyclic amines) is 1. The third-order valence-electron chi connectivity index (χ3n) is 6.12. The Balaban J connectivity index is 1.38. The molecule has 190 valence electrons. The van der Waals surface area contributed by atoms with Gasteiger partial charge in [0.25, 0.3) is 11.8 Å². The van der Waals surface area contributed by atoms with E-state index in [9.17, 15) is 14.0 Å². The molecule has 8 nitrogen and oxygen atoms in total. The number of hydrogen-bond donors (Lipinski definition) is 1. The van der Waals surface area contributed by atoms with Crippen LogP contribution in [0.2, 0.25) is 0 Å². The van der Waals surface area contributed by atoms with Crippen molar-refractivity contribution in [3.05, 3.63) is 71.6 Å². The summed E-state index contributed by atoms with van der Waals surface area (Å²) >= 11 is 0. The first-order valence-corrected chi connectivity index (χ1v) is 12.2. The molecule has 1 fully saturated rings. The second-order valence-electron chi connectivity index (χ2n) is 8.64. The van der Waals surface area contributed by atoms with Crippen LogP contribution in [0.3, 0.4) is 0 Å². The van der Waals surface area contributed by atoms with E-state index in [4.69, 9.17) is 9.47 Å². The van der Waals surface area contributed by atoms with Gasteiger partial charge in [-0.2, -0.15) is 0 Å². The summed E-state index contributed by atoms with van der Waals surface area (Å²) in [5.41, 5.74) is 1.40. The van der Waals surface area contributed by atoms with Gasteiger partial charge in [-0.3, -0.25) is 9.59 Å². The number of benzene rings is 2. The SMILES string of the molecule is CCOc1cc(C(=O)NCc2ccc(-n3ccnc3C)c(F)c2)ccc1OCC(=O)N1CCCCC1. The average molecular weight is 495 g/mol. The number of piperidine rings is 1. The number of rotatable bonds is 9. The molecule has 0 atom stereocenters. The smallest absolute Gasteiger partial charge is 0.260 e. The highest BCUT2D eigenvalue weighted by Crippen LogP contribution is 2.29. The van der Waals surface area contributed by atoms with Crippen molar-refractivity contribution < 1.29 is 23.5 Å².